The molecule has 0 amide bonds. The Morgan fingerprint density at radius 2 is 1.84 bits per heavy atom. The largest absolute Gasteiger partial charge is 0.354 e. The quantitative estimate of drug-likeness (QED) is 0.706. The van der Waals surface area contributed by atoms with Gasteiger partial charge in [0.25, 0.3) is 10.0 Å². The van der Waals surface area contributed by atoms with E-state index in [0.717, 1.165) is 37.4 Å². The van der Waals surface area contributed by atoms with E-state index in [9.17, 15) is 8.42 Å². The van der Waals surface area contributed by atoms with Crippen LogP contribution in [0.5, 0.6) is 0 Å². The van der Waals surface area contributed by atoms with E-state index in [1.807, 2.05) is 12.1 Å². The molecule has 1 aliphatic heterocycles. The van der Waals surface area contributed by atoms with Gasteiger partial charge in [0.1, 0.15) is 10.7 Å². The van der Waals surface area contributed by atoms with Crippen molar-refractivity contribution in [1.29, 1.82) is 0 Å². The van der Waals surface area contributed by atoms with Gasteiger partial charge in [-0.1, -0.05) is 0 Å². The first-order valence-electron chi connectivity index (χ1n) is 8.13. The van der Waals surface area contributed by atoms with Crippen molar-refractivity contribution in [2.45, 2.75) is 4.90 Å². The molecule has 4 rings (SSSR count). The molecule has 130 valence electrons. The van der Waals surface area contributed by atoms with E-state index in [0.29, 0.717) is 5.65 Å². The fourth-order valence-corrected chi connectivity index (χ4v) is 4.26. The van der Waals surface area contributed by atoms with Crippen molar-refractivity contribution < 1.29 is 8.42 Å². The van der Waals surface area contributed by atoms with Gasteiger partial charge in [0.15, 0.2) is 5.65 Å². The second-order valence-electron chi connectivity index (χ2n) is 6.18. The van der Waals surface area contributed by atoms with Crippen molar-refractivity contribution in [3.05, 3.63) is 48.9 Å². The minimum atomic E-state index is -3.71. The maximum absolute atomic E-state index is 12.9. The summed E-state index contributed by atoms with van der Waals surface area (Å²) in [6.07, 6.45) is 4.45. The fraction of sp³-hybridized carbons (Fsp3) is 0.294. The molecule has 0 spiro atoms. The van der Waals surface area contributed by atoms with E-state index < -0.39 is 10.0 Å². The van der Waals surface area contributed by atoms with Gasteiger partial charge >= 0.3 is 0 Å². The summed E-state index contributed by atoms with van der Waals surface area (Å²) >= 11 is 0. The van der Waals surface area contributed by atoms with Crippen LogP contribution in [0.1, 0.15) is 0 Å². The number of hydrogen-bond donors (Lipinski definition) is 0. The van der Waals surface area contributed by atoms with E-state index in [-0.39, 0.29) is 4.90 Å². The van der Waals surface area contributed by atoms with Crippen molar-refractivity contribution >= 4 is 26.9 Å². The molecule has 3 aromatic rings. The summed E-state index contributed by atoms with van der Waals surface area (Å²) in [5, 5.41) is 0.797. The van der Waals surface area contributed by atoms with E-state index in [2.05, 4.69) is 26.8 Å². The van der Waals surface area contributed by atoms with Crippen LogP contribution in [0, 0.1) is 0 Å². The number of hydrogen-bond acceptors (Lipinski definition) is 6. The average molecular weight is 357 g/mol. The average Bonchev–Trinajstić information content (AvgIpc) is 3.07. The molecule has 7 nitrogen and oxygen atoms in total. The zero-order valence-corrected chi connectivity index (χ0v) is 14.7. The molecule has 3 aromatic heterocycles. The van der Waals surface area contributed by atoms with Gasteiger partial charge in [-0.25, -0.2) is 17.4 Å². The third-order valence-corrected chi connectivity index (χ3v) is 6.16. The lowest BCUT2D eigenvalue weighted by molar-refractivity contribution is 0.312. The summed E-state index contributed by atoms with van der Waals surface area (Å²) in [5.41, 5.74) is 0.445. The van der Waals surface area contributed by atoms with Crippen LogP contribution in [-0.2, 0) is 10.0 Å². The fourth-order valence-electron chi connectivity index (χ4n) is 2.99. The lowest BCUT2D eigenvalue weighted by atomic mass is 10.3. The number of pyridine rings is 2. The highest BCUT2D eigenvalue weighted by Gasteiger charge is 2.21. The van der Waals surface area contributed by atoms with Crippen molar-refractivity contribution in [2.75, 3.05) is 38.1 Å². The van der Waals surface area contributed by atoms with Gasteiger partial charge in [0, 0.05) is 50.2 Å². The summed E-state index contributed by atoms with van der Waals surface area (Å²) < 4.78 is 27.0. The molecule has 0 atom stereocenters. The van der Waals surface area contributed by atoms with Gasteiger partial charge in [-0.3, -0.25) is 4.98 Å². The first kappa shape index (κ1) is 16.0. The molecular weight excluding hydrogens is 338 g/mol. The Kier molecular flexibility index (Phi) is 3.93. The predicted molar refractivity (Wildman–Crippen MR) is 96.3 cm³/mol. The normalized spacial score (nSPS) is 16.4. The second-order valence-corrected chi connectivity index (χ2v) is 7.99. The molecule has 0 saturated carbocycles. The van der Waals surface area contributed by atoms with Crippen LogP contribution in [0.25, 0.3) is 11.0 Å². The number of rotatable bonds is 3. The monoisotopic (exact) mass is 357 g/mol. The highest BCUT2D eigenvalue weighted by Crippen LogP contribution is 2.23. The van der Waals surface area contributed by atoms with Crippen molar-refractivity contribution in [3.63, 3.8) is 0 Å². The van der Waals surface area contributed by atoms with E-state index >= 15 is 0 Å². The number of nitrogens with zero attached hydrogens (tertiary/aromatic N) is 5. The molecule has 0 aromatic carbocycles. The molecule has 4 heterocycles. The van der Waals surface area contributed by atoms with Crippen LogP contribution in [0.2, 0.25) is 0 Å². The third kappa shape index (κ3) is 2.87. The van der Waals surface area contributed by atoms with Crippen LogP contribution in [0.3, 0.4) is 0 Å². The highest BCUT2D eigenvalue weighted by molar-refractivity contribution is 7.90. The standard InChI is InChI=1S/C17H19N5O2S/c1-20-9-11-21(12-10-20)16-5-4-14-6-8-22(17(14)19-16)25(23,24)15-3-2-7-18-13-15/h2-8,13H,9-12H2,1H3. The van der Waals surface area contributed by atoms with Crippen LogP contribution in [0.4, 0.5) is 5.82 Å². The molecular formula is C17H19N5O2S. The smallest absolute Gasteiger partial charge is 0.270 e. The van der Waals surface area contributed by atoms with E-state index in [1.54, 1.807) is 30.6 Å². The van der Waals surface area contributed by atoms with Gasteiger partial charge in [0.2, 0.25) is 0 Å². The Balaban J connectivity index is 1.77. The molecule has 0 bridgehead atoms. The van der Waals surface area contributed by atoms with Crippen LogP contribution in [-0.4, -0.2) is 60.5 Å². The van der Waals surface area contributed by atoms with Gasteiger partial charge in [-0.15, -0.1) is 0 Å². The molecule has 1 aliphatic rings. The Morgan fingerprint density at radius 3 is 2.56 bits per heavy atom. The van der Waals surface area contributed by atoms with Gasteiger partial charge in [-0.2, -0.15) is 0 Å². The van der Waals surface area contributed by atoms with Gasteiger partial charge < -0.3 is 9.80 Å². The summed E-state index contributed by atoms with van der Waals surface area (Å²) in [5.74, 6) is 0.807. The SMILES string of the molecule is CN1CCN(c2ccc3ccn(S(=O)(=O)c4cccnc4)c3n2)CC1. The minimum Gasteiger partial charge on any atom is -0.354 e. The van der Waals surface area contributed by atoms with E-state index in [4.69, 9.17) is 0 Å². The first-order valence-corrected chi connectivity index (χ1v) is 9.57. The Bertz CT molecular complexity index is 992. The van der Waals surface area contributed by atoms with Gasteiger partial charge in [0.05, 0.1) is 0 Å². The number of likely N-dealkylation sites (N-methyl/N-ethyl adjacent to an activating group) is 1. The summed E-state index contributed by atoms with van der Waals surface area (Å²) in [6.45, 7) is 3.69. The third-order valence-electron chi connectivity index (χ3n) is 4.51. The maximum atomic E-state index is 12.9. The molecule has 25 heavy (non-hydrogen) atoms. The first-order chi connectivity index (χ1) is 12.1. The number of piperazine rings is 1. The minimum absolute atomic E-state index is 0.152. The van der Waals surface area contributed by atoms with E-state index in [1.165, 1.54) is 10.2 Å². The number of anilines is 1. The number of fused-ring (bicyclic) bond motifs is 1. The Morgan fingerprint density at radius 1 is 1.04 bits per heavy atom. The zero-order valence-electron chi connectivity index (χ0n) is 13.9. The molecule has 0 N–H and O–H groups in total. The summed E-state index contributed by atoms with van der Waals surface area (Å²) in [6, 6.07) is 8.80. The Labute approximate surface area is 146 Å². The zero-order chi connectivity index (χ0) is 17.4. The highest BCUT2D eigenvalue weighted by atomic mass is 32.2. The summed E-state index contributed by atoms with van der Waals surface area (Å²) in [4.78, 5) is 13.2. The molecule has 0 unspecified atom stereocenters. The maximum Gasteiger partial charge on any atom is 0.270 e. The predicted octanol–water partition coefficient (Wildman–Crippen LogP) is 1.42. The second kappa shape index (κ2) is 6.12. The molecule has 1 fully saturated rings. The van der Waals surface area contributed by atoms with Crippen molar-refractivity contribution in [3.8, 4) is 0 Å². The van der Waals surface area contributed by atoms with Gasteiger partial charge in [-0.05, 0) is 37.4 Å². The lowest BCUT2D eigenvalue weighted by Crippen LogP contribution is -2.44. The molecule has 8 heteroatoms. The van der Waals surface area contributed by atoms with Crippen molar-refractivity contribution in [2.24, 2.45) is 0 Å². The molecule has 0 aliphatic carbocycles. The molecule has 1 saturated heterocycles. The lowest BCUT2D eigenvalue weighted by Gasteiger charge is -2.33. The summed E-state index contributed by atoms with van der Waals surface area (Å²) in [7, 11) is -1.62. The Hall–Kier alpha value is -2.45. The van der Waals surface area contributed by atoms with Crippen molar-refractivity contribution in [1.82, 2.24) is 18.8 Å². The van der Waals surface area contributed by atoms with Crippen LogP contribution >= 0.6 is 0 Å². The van der Waals surface area contributed by atoms with Crippen LogP contribution in [0.15, 0.2) is 53.8 Å². The van der Waals surface area contributed by atoms with Crippen LogP contribution < -0.4 is 4.90 Å². The topological polar surface area (TPSA) is 71.3 Å². The number of aromatic nitrogens is 3. The molecule has 0 radical (unpaired) electrons.